The molecule has 0 fully saturated rings. The van der Waals surface area contributed by atoms with Gasteiger partial charge in [0, 0.05) is 6.54 Å². The largest absolute Gasteiger partial charge is 0.497 e. The third kappa shape index (κ3) is 3.65. The first-order valence-corrected chi connectivity index (χ1v) is 5.12. The van der Waals surface area contributed by atoms with Crippen LogP contribution in [-0.2, 0) is 6.54 Å². The Morgan fingerprint density at radius 2 is 2.07 bits per heavy atom. The molecule has 15 heavy (non-hydrogen) atoms. The van der Waals surface area contributed by atoms with E-state index in [-0.39, 0.29) is 6.04 Å². The summed E-state index contributed by atoms with van der Waals surface area (Å²) in [5, 5.41) is 3.30. The zero-order chi connectivity index (χ0) is 11.1. The van der Waals surface area contributed by atoms with Gasteiger partial charge in [-0.1, -0.05) is 25.0 Å². The molecule has 0 spiro atoms. The number of ether oxygens (including phenoxy) is 1. The lowest BCUT2D eigenvalue weighted by Crippen LogP contribution is -2.25. The molecule has 1 rings (SSSR count). The van der Waals surface area contributed by atoms with Crippen LogP contribution in [0.4, 0.5) is 0 Å². The molecule has 0 radical (unpaired) electrons. The lowest BCUT2D eigenvalue weighted by Gasteiger charge is -2.10. The standard InChI is InChI=1S/C13H17NO/c1-4-12(5-2)14-10-11-6-8-13(15-3)9-7-11/h1,6-9,12,14H,5,10H2,2-3H3. The molecule has 1 unspecified atom stereocenters. The van der Waals surface area contributed by atoms with Gasteiger partial charge in [0.2, 0.25) is 0 Å². The third-order valence-corrected chi connectivity index (χ3v) is 2.32. The predicted molar refractivity (Wildman–Crippen MR) is 62.7 cm³/mol. The summed E-state index contributed by atoms with van der Waals surface area (Å²) < 4.78 is 5.08. The van der Waals surface area contributed by atoms with Crippen molar-refractivity contribution in [1.29, 1.82) is 0 Å². The van der Waals surface area contributed by atoms with Gasteiger partial charge in [0.25, 0.3) is 0 Å². The summed E-state index contributed by atoms with van der Waals surface area (Å²) >= 11 is 0. The average Bonchev–Trinajstić information content (AvgIpc) is 2.31. The van der Waals surface area contributed by atoms with E-state index in [1.165, 1.54) is 5.56 Å². The van der Waals surface area contributed by atoms with Crippen LogP contribution < -0.4 is 10.1 Å². The fourth-order valence-electron chi connectivity index (χ4n) is 1.31. The highest BCUT2D eigenvalue weighted by Crippen LogP contribution is 2.11. The molecule has 0 heterocycles. The molecule has 2 heteroatoms. The molecule has 2 nitrogen and oxygen atoms in total. The van der Waals surface area contributed by atoms with Crippen LogP contribution in [0.15, 0.2) is 24.3 Å². The smallest absolute Gasteiger partial charge is 0.118 e. The molecule has 1 aromatic carbocycles. The van der Waals surface area contributed by atoms with Gasteiger partial charge < -0.3 is 4.74 Å². The zero-order valence-corrected chi connectivity index (χ0v) is 9.29. The van der Waals surface area contributed by atoms with E-state index < -0.39 is 0 Å². The van der Waals surface area contributed by atoms with Crippen LogP contribution >= 0.6 is 0 Å². The van der Waals surface area contributed by atoms with Crippen LogP contribution in [0.2, 0.25) is 0 Å². The highest BCUT2D eigenvalue weighted by atomic mass is 16.5. The number of hydrogen-bond donors (Lipinski definition) is 1. The van der Waals surface area contributed by atoms with E-state index >= 15 is 0 Å². The SMILES string of the molecule is C#CC(CC)NCc1ccc(OC)cc1. The molecule has 1 N–H and O–H groups in total. The lowest BCUT2D eigenvalue weighted by molar-refractivity contribution is 0.414. The van der Waals surface area contributed by atoms with Crippen molar-refractivity contribution in [3.8, 4) is 18.1 Å². The van der Waals surface area contributed by atoms with Crippen molar-refractivity contribution in [2.24, 2.45) is 0 Å². The quantitative estimate of drug-likeness (QED) is 0.741. The molecule has 0 aliphatic heterocycles. The second kappa shape index (κ2) is 6.10. The second-order valence-electron chi connectivity index (χ2n) is 3.36. The summed E-state index contributed by atoms with van der Waals surface area (Å²) in [6, 6.07) is 8.14. The molecule has 0 bridgehead atoms. The van der Waals surface area contributed by atoms with Crippen LogP contribution in [0.25, 0.3) is 0 Å². The number of nitrogens with one attached hydrogen (secondary N) is 1. The molecule has 1 atom stereocenters. The summed E-state index contributed by atoms with van der Waals surface area (Å²) in [7, 11) is 1.67. The molecule has 0 aliphatic carbocycles. The van der Waals surface area contributed by atoms with Gasteiger partial charge in [-0.3, -0.25) is 5.32 Å². The number of benzene rings is 1. The van der Waals surface area contributed by atoms with Crippen molar-refractivity contribution in [2.45, 2.75) is 25.9 Å². The van der Waals surface area contributed by atoms with E-state index in [1.54, 1.807) is 7.11 Å². The maximum Gasteiger partial charge on any atom is 0.118 e. The van der Waals surface area contributed by atoms with Crippen molar-refractivity contribution in [3.05, 3.63) is 29.8 Å². The summed E-state index contributed by atoms with van der Waals surface area (Å²) in [4.78, 5) is 0. The van der Waals surface area contributed by atoms with Crippen LogP contribution in [0, 0.1) is 12.3 Å². The lowest BCUT2D eigenvalue weighted by atomic mass is 10.2. The highest BCUT2D eigenvalue weighted by Gasteiger charge is 2.00. The normalized spacial score (nSPS) is 11.8. The van der Waals surface area contributed by atoms with Crippen LogP contribution in [0.5, 0.6) is 5.75 Å². The second-order valence-corrected chi connectivity index (χ2v) is 3.36. The fraction of sp³-hybridized carbons (Fsp3) is 0.385. The van der Waals surface area contributed by atoms with E-state index in [2.05, 4.69) is 18.2 Å². The Balaban J connectivity index is 2.48. The van der Waals surface area contributed by atoms with Crippen LogP contribution in [-0.4, -0.2) is 13.2 Å². The summed E-state index contributed by atoms with van der Waals surface area (Å²) in [5.41, 5.74) is 1.21. The molecule has 1 aromatic rings. The number of hydrogen-bond acceptors (Lipinski definition) is 2. The van der Waals surface area contributed by atoms with Gasteiger partial charge >= 0.3 is 0 Å². The van der Waals surface area contributed by atoms with Gasteiger partial charge in [-0.25, -0.2) is 0 Å². The topological polar surface area (TPSA) is 21.3 Å². The zero-order valence-electron chi connectivity index (χ0n) is 9.29. The Kier molecular flexibility index (Phi) is 4.73. The van der Waals surface area contributed by atoms with Crippen molar-refractivity contribution in [2.75, 3.05) is 7.11 Å². The Morgan fingerprint density at radius 1 is 1.40 bits per heavy atom. The first kappa shape index (κ1) is 11.6. The van der Waals surface area contributed by atoms with Crippen molar-refractivity contribution >= 4 is 0 Å². The van der Waals surface area contributed by atoms with E-state index in [4.69, 9.17) is 11.2 Å². The third-order valence-electron chi connectivity index (χ3n) is 2.32. The minimum Gasteiger partial charge on any atom is -0.497 e. The van der Waals surface area contributed by atoms with Gasteiger partial charge in [0.1, 0.15) is 5.75 Å². The highest BCUT2D eigenvalue weighted by molar-refractivity contribution is 5.27. The molecule has 0 saturated carbocycles. The van der Waals surface area contributed by atoms with Crippen molar-refractivity contribution in [3.63, 3.8) is 0 Å². The van der Waals surface area contributed by atoms with E-state index in [0.717, 1.165) is 18.7 Å². The van der Waals surface area contributed by atoms with Gasteiger partial charge in [0.05, 0.1) is 13.2 Å². The first-order valence-electron chi connectivity index (χ1n) is 5.12. The van der Waals surface area contributed by atoms with E-state index in [9.17, 15) is 0 Å². The molecule has 0 amide bonds. The van der Waals surface area contributed by atoms with Gasteiger partial charge in [-0.2, -0.15) is 0 Å². The van der Waals surface area contributed by atoms with Gasteiger partial charge in [-0.05, 0) is 24.1 Å². The van der Waals surface area contributed by atoms with Crippen molar-refractivity contribution in [1.82, 2.24) is 5.32 Å². The monoisotopic (exact) mass is 203 g/mol. The minimum atomic E-state index is 0.159. The van der Waals surface area contributed by atoms with Crippen molar-refractivity contribution < 1.29 is 4.74 Å². The first-order chi connectivity index (χ1) is 7.30. The number of methoxy groups -OCH3 is 1. The van der Waals surface area contributed by atoms with Gasteiger partial charge in [0.15, 0.2) is 0 Å². The average molecular weight is 203 g/mol. The Labute approximate surface area is 91.6 Å². The molecular formula is C13H17NO. The number of rotatable bonds is 5. The fourth-order valence-corrected chi connectivity index (χ4v) is 1.31. The summed E-state index contributed by atoms with van der Waals surface area (Å²) in [6.45, 7) is 2.87. The van der Waals surface area contributed by atoms with Crippen LogP contribution in [0.3, 0.4) is 0 Å². The minimum absolute atomic E-state index is 0.159. The van der Waals surface area contributed by atoms with E-state index in [1.807, 2.05) is 24.3 Å². The number of terminal acetylenes is 1. The van der Waals surface area contributed by atoms with E-state index in [0.29, 0.717) is 0 Å². The summed E-state index contributed by atoms with van der Waals surface area (Å²) in [6.07, 6.45) is 6.31. The molecule has 0 aliphatic rings. The molecule has 80 valence electrons. The van der Waals surface area contributed by atoms with Gasteiger partial charge in [-0.15, -0.1) is 6.42 Å². The summed E-state index contributed by atoms with van der Waals surface area (Å²) in [5.74, 6) is 3.59. The Morgan fingerprint density at radius 3 is 2.53 bits per heavy atom. The maximum atomic E-state index is 5.36. The maximum absolute atomic E-state index is 5.36. The van der Waals surface area contributed by atoms with Crippen LogP contribution in [0.1, 0.15) is 18.9 Å². The Bertz CT molecular complexity index is 323. The molecule has 0 aromatic heterocycles. The molecular weight excluding hydrogens is 186 g/mol. The predicted octanol–water partition coefficient (Wildman–Crippen LogP) is 2.20. The Hall–Kier alpha value is -1.46. The molecule has 0 saturated heterocycles.